The smallest absolute Gasteiger partial charge is 0.310 e. The zero-order chi connectivity index (χ0) is 11.4. The number of hydrogen-bond acceptors (Lipinski definition) is 2. The molecule has 0 spiro atoms. The molecule has 1 rings (SSSR count). The Labute approximate surface area is 96.9 Å². The predicted octanol–water partition coefficient (Wildman–Crippen LogP) is 3.24. The van der Waals surface area contributed by atoms with Crippen molar-refractivity contribution >= 4 is 29.2 Å². The summed E-state index contributed by atoms with van der Waals surface area (Å²) >= 11 is 11.3. The highest BCUT2D eigenvalue weighted by Crippen LogP contribution is 2.28. The molecule has 5 heteroatoms. The molecule has 0 unspecified atom stereocenters. The van der Waals surface area contributed by atoms with Gasteiger partial charge in [-0.25, -0.2) is 4.39 Å². The summed E-state index contributed by atoms with van der Waals surface area (Å²) in [5, 5.41) is -0.108. The van der Waals surface area contributed by atoms with Crippen molar-refractivity contribution < 1.29 is 13.9 Å². The standard InChI is InChI=1S/C10H9Cl2FO2/c1-2-15-8(14)5-6-3-4-7(13)10(12)9(6)11/h3-4H,2,5H2,1H3. The van der Waals surface area contributed by atoms with E-state index in [0.29, 0.717) is 12.2 Å². The Hall–Kier alpha value is -0.800. The van der Waals surface area contributed by atoms with E-state index >= 15 is 0 Å². The van der Waals surface area contributed by atoms with Crippen LogP contribution in [-0.4, -0.2) is 12.6 Å². The van der Waals surface area contributed by atoms with Crippen molar-refractivity contribution in [3.63, 3.8) is 0 Å². The van der Waals surface area contributed by atoms with Gasteiger partial charge < -0.3 is 4.74 Å². The molecule has 15 heavy (non-hydrogen) atoms. The maximum Gasteiger partial charge on any atom is 0.310 e. The van der Waals surface area contributed by atoms with Gasteiger partial charge in [-0.15, -0.1) is 0 Å². The fraction of sp³-hybridized carbons (Fsp3) is 0.300. The number of carbonyl (C=O) groups excluding carboxylic acids is 1. The maximum atomic E-state index is 12.9. The van der Waals surface area contributed by atoms with Crippen molar-refractivity contribution in [1.82, 2.24) is 0 Å². The van der Waals surface area contributed by atoms with E-state index in [1.165, 1.54) is 12.1 Å². The summed E-state index contributed by atoms with van der Waals surface area (Å²) in [6.45, 7) is 2.00. The van der Waals surface area contributed by atoms with Gasteiger partial charge in [0.1, 0.15) is 5.82 Å². The maximum absolute atomic E-state index is 12.9. The van der Waals surface area contributed by atoms with Crippen LogP contribution >= 0.6 is 23.2 Å². The second-order valence-corrected chi connectivity index (χ2v) is 3.57. The summed E-state index contributed by atoms with van der Waals surface area (Å²) < 4.78 is 17.6. The Morgan fingerprint density at radius 1 is 1.40 bits per heavy atom. The molecule has 0 fully saturated rings. The summed E-state index contributed by atoms with van der Waals surface area (Å²) in [5.74, 6) is -1.02. The summed E-state index contributed by atoms with van der Waals surface area (Å²) in [5.41, 5.74) is 0.460. The van der Waals surface area contributed by atoms with Crippen LogP contribution in [0.4, 0.5) is 4.39 Å². The van der Waals surface area contributed by atoms with E-state index in [0.717, 1.165) is 0 Å². The van der Waals surface area contributed by atoms with E-state index in [2.05, 4.69) is 0 Å². The minimum atomic E-state index is -0.603. The Morgan fingerprint density at radius 3 is 2.67 bits per heavy atom. The normalized spacial score (nSPS) is 10.1. The van der Waals surface area contributed by atoms with Crippen molar-refractivity contribution in [2.24, 2.45) is 0 Å². The summed E-state index contributed by atoms with van der Waals surface area (Å²) in [6.07, 6.45) is -0.00727. The van der Waals surface area contributed by atoms with E-state index in [9.17, 15) is 9.18 Å². The van der Waals surface area contributed by atoms with Crippen molar-refractivity contribution in [3.8, 4) is 0 Å². The lowest BCUT2D eigenvalue weighted by Crippen LogP contribution is -2.08. The number of ether oxygens (including phenoxy) is 1. The third-order valence-electron chi connectivity index (χ3n) is 1.76. The number of carbonyl (C=O) groups is 1. The van der Waals surface area contributed by atoms with Crippen LogP contribution in [0.2, 0.25) is 10.0 Å². The molecule has 0 saturated heterocycles. The van der Waals surface area contributed by atoms with Crippen molar-refractivity contribution in [2.45, 2.75) is 13.3 Å². The number of rotatable bonds is 3. The van der Waals surface area contributed by atoms with E-state index in [1.54, 1.807) is 6.92 Å². The third kappa shape index (κ3) is 3.08. The minimum Gasteiger partial charge on any atom is -0.466 e. The van der Waals surface area contributed by atoms with Gasteiger partial charge in [0.15, 0.2) is 0 Å². The van der Waals surface area contributed by atoms with Gasteiger partial charge in [0.05, 0.1) is 23.1 Å². The molecule has 0 aliphatic rings. The van der Waals surface area contributed by atoms with Gasteiger partial charge in [0.2, 0.25) is 0 Å². The van der Waals surface area contributed by atoms with Crippen LogP contribution < -0.4 is 0 Å². The first-order chi connectivity index (χ1) is 7.06. The summed E-state index contributed by atoms with van der Waals surface area (Å²) in [6, 6.07) is 2.59. The van der Waals surface area contributed by atoms with Crippen molar-refractivity contribution in [2.75, 3.05) is 6.61 Å². The van der Waals surface area contributed by atoms with Gasteiger partial charge >= 0.3 is 5.97 Å². The number of hydrogen-bond donors (Lipinski definition) is 0. The second kappa shape index (κ2) is 5.33. The number of benzene rings is 1. The zero-order valence-corrected chi connectivity index (χ0v) is 9.53. The average Bonchev–Trinajstić information content (AvgIpc) is 2.20. The Morgan fingerprint density at radius 2 is 2.07 bits per heavy atom. The molecule has 1 aromatic carbocycles. The molecular weight excluding hydrogens is 242 g/mol. The average molecular weight is 251 g/mol. The highest BCUT2D eigenvalue weighted by atomic mass is 35.5. The zero-order valence-electron chi connectivity index (χ0n) is 8.02. The summed E-state index contributed by atoms with van der Waals surface area (Å²) in [7, 11) is 0. The topological polar surface area (TPSA) is 26.3 Å². The first-order valence-electron chi connectivity index (χ1n) is 4.34. The van der Waals surface area contributed by atoms with E-state index in [-0.39, 0.29) is 16.5 Å². The molecule has 0 N–H and O–H groups in total. The third-order valence-corrected chi connectivity index (χ3v) is 2.65. The molecule has 0 atom stereocenters. The number of esters is 1. The lowest BCUT2D eigenvalue weighted by Gasteiger charge is -2.06. The fourth-order valence-electron chi connectivity index (χ4n) is 1.07. The van der Waals surface area contributed by atoms with E-state index in [1.807, 2.05) is 0 Å². The van der Waals surface area contributed by atoms with Crippen LogP contribution in [0.15, 0.2) is 12.1 Å². The molecule has 0 saturated carbocycles. The van der Waals surface area contributed by atoms with E-state index < -0.39 is 11.8 Å². The fourth-order valence-corrected chi connectivity index (χ4v) is 1.47. The van der Waals surface area contributed by atoms with Gasteiger partial charge in [-0.2, -0.15) is 0 Å². The number of halogens is 3. The van der Waals surface area contributed by atoms with Crippen LogP contribution in [0, 0.1) is 5.82 Å². The monoisotopic (exact) mass is 250 g/mol. The Kier molecular flexibility index (Phi) is 4.36. The predicted molar refractivity (Wildman–Crippen MR) is 56.8 cm³/mol. The molecular formula is C10H9Cl2FO2. The molecule has 0 bridgehead atoms. The quantitative estimate of drug-likeness (QED) is 0.608. The van der Waals surface area contributed by atoms with Gasteiger partial charge in [0, 0.05) is 0 Å². The summed E-state index contributed by atoms with van der Waals surface area (Å²) in [4.78, 5) is 11.1. The van der Waals surface area contributed by atoms with Crippen molar-refractivity contribution in [1.29, 1.82) is 0 Å². The first-order valence-corrected chi connectivity index (χ1v) is 5.09. The SMILES string of the molecule is CCOC(=O)Cc1ccc(F)c(Cl)c1Cl. The second-order valence-electron chi connectivity index (χ2n) is 2.82. The largest absolute Gasteiger partial charge is 0.466 e. The molecule has 0 amide bonds. The van der Waals surface area contributed by atoms with Crippen molar-refractivity contribution in [3.05, 3.63) is 33.6 Å². The van der Waals surface area contributed by atoms with Gasteiger partial charge in [0.25, 0.3) is 0 Å². The Balaban J connectivity index is 2.87. The van der Waals surface area contributed by atoms with Gasteiger partial charge in [-0.1, -0.05) is 29.3 Å². The van der Waals surface area contributed by atoms with Crippen LogP contribution in [0.1, 0.15) is 12.5 Å². The highest BCUT2D eigenvalue weighted by molar-refractivity contribution is 6.42. The van der Waals surface area contributed by atoms with E-state index in [4.69, 9.17) is 27.9 Å². The van der Waals surface area contributed by atoms with Crippen LogP contribution in [0.3, 0.4) is 0 Å². The van der Waals surface area contributed by atoms with Crippen LogP contribution in [0.25, 0.3) is 0 Å². The molecule has 2 nitrogen and oxygen atoms in total. The lowest BCUT2D eigenvalue weighted by atomic mass is 10.1. The molecule has 0 aromatic heterocycles. The molecule has 0 aliphatic heterocycles. The molecule has 0 aliphatic carbocycles. The van der Waals surface area contributed by atoms with Crippen LogP contribution in [-0.2, 0) is 16.0 Å². The Bertz CT molecular complexity index is 380. The van der Waals surface area contributed by atoms with Gasteiger partial charge in [-0.3, -0.25) is 4.79 Å². The van der Waals surface area contributed by atoms with Gasteiger partial charge in [-0.05, 0) is 18.6 Å². The molecule has 0 heterocycles. The lowest BCUT2D eigenvalue weighted by molar-refractivity contribution is -0.142. The van der Waals surface area contributed by atoms with Crippen LogP contribution in [0.5, 0.6) is 0 Å². The molecule has 82 valence electrons. The minimum absolute atomic E-state index is 0.00727. The first kappa shape index (κ1) is 12.3. The highest BCUT2D eigenvalue weighted by Gasteiger charge is 2.13. The molecule has 0 radical (unpaired) electrons. The molecule has 1 aromatic rings.